The maximum absolute atomic E-state index is 3.44. The van der Waals surface area contributed by atoms with E-state index >= 15 is 0 Å². The molecule has 0 saturated carbocycles. The van der Waals surface area contributed by atoms with Gasteiger partial charge in [-0.3, -0.25) is 12.2 Å². The van der Waals surface area contributed by atoms with E-state index in [1.807, 2.05) is 0 Å². The Morgan fingerprint density at radius 2 is 0.818 bits per heavy atom. The van der Waals surface area contributed by atoms with Gasteiger partial charge in [0.05, 0.1) is 0 Å². The molecule has 0 aromatic rings. The Labute approximate surface area is 163 Å². The SMILES string of the molecule is CC1=[C-]C(C)(C)C(C)=C1C.CC1=[C-]C(C)(C)C(C)=C1C.[Cl-].[Zr+2]. The van der Waals surface area contributed by atoms with E-state index in [0.717, 1.165) is 0 Å². The van der Waals surface area contributed by atoms with Crippen molar-refractivity contribution in [3.05, 3.63) is 45.6 Å². The quantitative estimate of drug-likeness (QED) is 0.551. The van der Waals surface area contributed by atoms with E-state index in [1.54, 1.807) is 0 Å². The summed E-state index contributed by atoms with van der Waals surface area (Å²) in [4.78, 5) is 0. The van der Waals surface area contributed by atoms with Crippen LogP contribution < -0.4 is 12.4 Å². The first kappa shape index (κ1) is 24.4. The molecule has 0 bridgehead atoms. The van der Waals surface area contributed by atoms with E-state index in [9.17, 15) is 0 Å². The molecule has 0 amide bonds. The molecule has 122 valence electrons. The molecule has 0 aromatic carbocycles. The maximum atomic E-state index is 3.44. The summed E-state index contributed by atoms with van der Waals surface area (Å²) in [6.45, 7) is 21.8. The Kier molecular flexibility index (Phi) is 9.20. The molecule has 0 radical (unpaired) electrons. The molecular formula is C20H30ClZr-. The molecule has 2 aliphatic carbocycles. The third-order valence-electron chi connectivity index (χ3n) is 5.12. The van der Waals surface area contributed by atoms with Crippen LogP contribution in [-0.2, 0) is 26.2 Å². The molecule has 0 atom stereocenters. The molecule has 0 aromatic heterocycles. The predicted molar refractivity (Wildman–Crippen MR) is 89.2 cm³/mol. The van der Waals surface area contributed by atoms with Gasteiger partial charge in [0.1, 0.15) is 0 Å². The van der Waals surface area contributed by atoms with E-state index in [0.29, 0.717) is 0 Å². The van der Waals surface area contributed by atoms with E-state index in [-0.39, 0.29) is 49.4 Å². The smallest absolute Gasteiger partial charge is 1.00 e. The van der Waals surface area contributed by atoms with Crippen molar-refractivity contribution in [1.29, 1.82) is 0 Å². The zero-order chi connectivity index (χ0) is 15.9. The van der Waals surface area contributed by atoms with E-state index in [1.165, 1.54) is 33.4 Å². The second kappa shape index (κ2) is 8.30. The van der Waals surface area contributed by atoms with Crippen molar-refractivity contribution in [3.63, 3.8) is 0 Å². The van der Waals surface area contributed by atoms with Crippen LogP contribution in [0.3, 0.4) is 0 Å². The van der Waals surface area contributed by atoms with Crippen molar-refractivity contribution >= 4 is 0 Å². The molecule has 0 heterocycles. The third kappa shape index (κ3) is 5.07. The molecule has 0 unspecified atom stereocenters. The standard InChI is InChI=1S/2C10H15.ClH.Zr/c2*1-7-6-10(4,5)9(3)8(7)2;;/h2*1-5H3;1H;/q2*-1;;+2/p-1. The molecule has 0 aliphatic heterocycles. The second-order valence-electron chi connectivity index (χ2n) is 7.25. The van der Waals surface area contributed by atoms with Crippen LogP contribution in [-0.4, -0.2) is 0 Å². The summed E-state index contributed by atoms with van der Waals surface area (Å²) >= 11 is 0. The number of rotatable bonds is 0. The number of hydrogen-bond acceptors (Lipinski definition) is 0. The molecule has 0 N–H and O–H groups in total. The van der Waals surface area contributed by atoms with Crippen molar-refractivity contribution < 1.29 is 38.6 Å². The largest absolute Gasteiger partial charge is 2.00 e. The summed E-state index contributed by atoms with van der Waals surface area (Å²) < 4.78 is 0. The van der Waals surface area contributed by atoms with Gasteiger partial charge in [0, 0.05) is 0 Å². The first-order chi connectivity index (χ1) is 8.90. The molecular weight excluding hydrogens is 367 g/mol. The van der Waals surface area contributed by atoms with Gasteiger partial charge in [0.15, 0.2) is 0 Å². The molecule has 0 nitrogen and oxygen atoms in total. The zero-order valence-electron chi connectivity index (χ0n) is 15.9. The molecule has 0 saturated heterocycles. The van der Waals surface area contributed by atoms with Gasteiger partial charge in [0.2, 0.25) is 0 Å². The average Bonchev–Trinajstić information content (AvgIpc) is 2.60. The van der Waals surface area contributed by atoms with Gasteiger partial charge in [0.25, 0.3) is 0 Å². The van der Waals surface area contributed by atoms with Gasteiger partial charge >= 0.3 is 26.2 Å². The van der Waals surface area contributed by atoms with Gasteiger partial charge in [-0.1, -0.05) is 66.2 Å². The van der Waals surface area contributed by atoms with Gasteiger partial charge < -0.3 is 12.4 Å². The van der Waals surface area contributed by atoms with Crippen molar-refractivity contribution in [3.8, 4) is 0 Å². The first-order valence-electron chi connectivity index (χ1n) is 7.50. The summed E-state index contributed by atoms with van der Waals surface area (Å²) in [6, 6.07) is 0. The molecule has 2 aliphatic rings. The summed E-state index contributed by atoms with van der Waals surface area (Å²) in [5.74, 6) is 0. The zero-order valence-corrected chi connectivity index (χ0v) is 19.1. The minimum absolute atomic E-state index is 0. The first-order valence-corrected chi connectivity index (χ1v) is 7.50. The summed E-state index contributed by atoms with van der Waals surface area (Å²) in [5, 5.41) is 0. The Morgan fingerprint density at radius 1 is 0.591 bits per heavy atom. The fourth-order valence-electron chi connectivity index (χ4n) is 2.81. The summed E-state index contributed by atoms with van der Waals surface area (Å²) in [7, 11) is 0. The Hall–Kier alpha value is 0.133. The van der Waals surface area contributed by atoms with Crippen molar-refractivity contribution in [2.45, 2.75) is 69.2 Å². The van der Waals surface area contributed by atoms with E-state index in [4.69, 9.17) is 0 Å². The van der Waals surface area contributed by atoms with Crippen molar-refractivity contribution in [2.75, 3.05) is 0 Å². The van der Waals surface area contributed by atoms with Crippen LogP contribution in [0.25, 0.3) is 0 Å². The average molecular weight is 397 g/mol. The van der Waals surface area contributed by atoms with Crippen molar-refractivity contribution in [2.24, 2.45) is 10.8 Å². The Balaban J connectivity index is 0. The summed E-state index contributed by atoms with van der Waals surface area (Å²) in [6.07, 6.45) is 6.87. The van der Waals surface area contributed by atoms with Crippen molar-refractivity contribution in [1.82, 2.24) is 0 Å². The molecule has 0 fully saturated rings. The van der Waals surface area contributed by atoms with Gasteiger partial charge in [-0.25, -0.2) is 11.1 Å². The molecule has 22 heavy (non-hydrogen) atoms. The fourth-order valence-corrected chi connectivity index (χ4v) is 2.81. The van der Waals surface area contributed by atoms with Crippen LogP contribution in [0.4, 0.5) is 0 Å². The molecule has 0 spiro atoms. The minimum Gasteiger partial charge on any atom is -1.00 e. The van der Waals surface area contributed by atoms with Gasteiger partial charge in [-0.2, -0.15) is 22.3 Å². The Morgan fingerprint density at radius 3 is 0.864 bits per heavy atom. The van der Waals surface area contributed by atoms with Crippen LogP contribution >= 0.6 is 0 Å². The van der Waals surface area contributed by atoms with Crippen LogP contribution in [0.5, 0.6) is 0 Å². The molecule has 2 heteroatoms. The molecule has 2 rings (SSSR count). The van der Waals surface area contributed by atoms with E-state index < -0.39 is 0 Å². The fraction of sp³-hybridized carbons (Fsp3) is 0.600. The van der Waals surface area contributed by atoms with Crippen LogP contribution in [0.2, 0.25) is 0 Å². The predicted octanol–water partition coefficient (Wildman–Crippen LogP) is 3.23. The third-order valence-corrected chi connectivity index (χ3v) is 5.12. The second-order valence-corrected chi connectivity index (χ2v) is 7.25. The minimum atomic E-state index is 0. The number of halogens is 1. The van der Waals surface area contributed by atoms with Crippen LogP contribution in [0.1, 0.15) is 69.2 Å². The number of hydrogen-bond donors (Lipinski definition) is 0. The van der Waals surface area contributed by atoms with Crippen LogP contribution in [0.15, 0.2) is 33.4 Å². The van der Waals surface area contributed by atoms with Gasteiger partial charge in [-0.15, -0.1) is 13.8 Å². The topological polar surface area (TPSA) is 0 Å². The van der Waals surface area contributed by atoms with Crippen LogP contribution in [0, 0.1) is 23.0 Å². The summed E-state index contributed by atoms with van der Waals surface area (Å²) in [5.41, 5.74) is 8.79. The monoisotopic (exact) mass is 395 g/mol. The normalized spacial score (nSPS) is 21.4. The number of allylic oxidation sites excluding steroid dienone is 8. The van der Waals surface area contributed by atoms with E-state index in [2.05, 4.69) is 81.4 Å². The maximum Gasteiger partial charge on any atom is 2.00 e. The Bertz CT molecular complexity index is 490. The van der Waals surface area contributed by atoms with Gasteiger partial charge in [-0.05, 0) is 0 Å².